The van der Waals surface area contributed by atoms with Gasteiger partial charge in [-0.25, -0.2) is 4.98 Å². The Labute approximate surface area is 112 Å². The lowest BCUT2D eigenvalue weighted by molar-refractivity contribution is -0.122. The van der Waals surface area contributed by atoms with Gasteiger partial charge in [-0.05, 0) is 12.3 Å². The minimum atomic E-state index is -0.368. The van der Waals surface area contributed by atoms with Gasteiger partial charge in [0, 0.05) is 11.6 Å². The second-order valence-corrected chi connectivity index (χ2v) is 5.97. The normalized spacial score (nSPS) is 18.5. The van der Waals surface area contributed by atoms with Gasteiger partial charge < -0.3 is 11.1 Å². The van der Waals surface area contributed by atoms with Crippen molar-refractivity contribution in [1.82, 2.24) is 10.3 Å². The average Bonchev–Trinajstić information content (AvgIpc) is 2.90. The number of hydrogen-bond donors (Lipinski definition) is 2. The number of nitrogens with two attached hydrogens (primary N) is 1. The summed E-state index contributed by atoms with van der Waals surface area (Å²) in [6.45, 7) is 0.495. The zero-order valence-electron chi connectivity index (χ0n) is 10.6. The largest absolute Gasteiger partial charge is 0.348 e. The first-order chi connectivity index (χ1) is 8.75. The topological polar surface area (TPSA) is 68.0 Å². The fourth-order valence-electron chi connectivity index (χ4n) is 2.52. The van der Waals surface area contributed by atoms with Crippen molar-refractivity contribution >= 4 is 17.2 Å². The molecule has 5 heteroatoms. The number of thiazole rings is 1. The molecule has 2 rings (SSSR count). The number of carbonyl (C=O) groups is 1. The Morgan fingerprint density at radius 1 is 1.50 bits per heavy atom. The van der Waals surface area contributed by atoms with Crippen molar-refractivity contribution < 1.29 is 4.79 Å². The Bertz CT molecular complexity index is 360. The van der Waals surface area contributed by atoms with Crippen LogP contribution in [0.3, 0.4) is 0 Å². The van der Waals surface area contributed by atoms with Crippen molar-refractivity contribution in [2.45, 2.75) is 51.1 Å². The van der Waals surface area contributed by atoms with E-state index in [1.807, 2.05) is 5.38 Å². The van der Waals surface area contributed by atoms with Crippen LogP contribution >= 0.6 is 11.3 Å². The van der Waals surface area contributed by atoms with Crippen LogP contribution in [0.1, 0.15) is 43.5 Å². The molecule has 0 saturated heterocycles. The Balaban J connectivity index is 1.70. The van der Waals surface area contributed by atoms with Crippen molar-refractivity contribution in [3.63, 3.8) is 0 Å². The van der Waals surface area contributed by atoms with E-state index < -0.39 is 0 Å². The molecular weight excluding hydrogens is 246 g/mol. The van der Waals surface area contributed by atoms with E-state index in [-0.39, 0.29) is 11.9 Å². The van der Waals surface area contributed by atoms with E-state index in [1.165, 1.54) is 32.1 Å². The first kappa shape index (κ1) is 13.5. The minimum Gasteiger partial charge on any atom is -0.348 e. The predicted octanol–water partition coefficient (Wildman–Crippen LogP) is 2.06. The molecule has 1 atom stereocenters. The molecule has 3 N–H and O–H groups in total. The first-order valence-corrected chi connectivity index (χ1v) is 7.55. The van der Waals surface area contributed by atoms with Gasteiger partial charge in [0.1, 0.15) is 5.01 Å². The van der Waals surface area contributed by atoms with E-state index in [2.05, 4.69) is 10.3 Å². The molecule has 100 valence electrons. The average molecular weight is 267 g/mol. The maximum absolute atomic E-state index is 11.9. The molecule has 1 fully saturated rings. The summed E-state index contributed by atoms with van der Waals surface area (Å²) < 4.78 is 0. The van der Waals surface area contributed by atoms with Crippen LogP contribution in [0.25, 0.3) is 0 Å². The van der Waals surface area contributed by atoms with Gasteiger partial charge >= 0.3 is 0 Å². The van der Waals surface area contributed by atoms with Gasteiger partial charge in [0.15, 0.2) is 0 Å². The van der Waals surface area contributed by atoms with E-state index in [0.29, 0.717) is 12.5 Å². The van der Waals surface area contributed by atoms with Crippen molar-refractivity contribution in [3.05, 3.63) is 16.6 Å². The van der Waals surface area contributed by atoms with Crippen LogP contribution in [0.4, 0.5) is 0 Å². The summed E-state index contributed by atoms with van der Waals surface area (Å²) in [7, 11) is 0. The molecule has 0 spiro atoms. The molecule has 4 nitrogen and oxygen atoms in total. The van der Waals surface area contributed by atoms with E-state index in [0.717, 1.165) is 11.4 Å². The summed E-state index contributed by atoms with van der Waals surface area (Å²) in [6.07, 6.45) is 8.94. The summed E-state index contributed by atoms with van der Waals surface area (Å²) in [4.78, 5) is 16.0. The highest BCUT2D eigenvalue weighted by Gasteiger charge is 2.21. The minimum absolute atomic E-state index is 0.0456. The van der Waals surface area contributed by atoms with Crippen LogP contribution in [0.2, 0.25) is 0 Å². The van der Waals surface area contributed by atoms with Gasteiger partial charge in [0.2, 0.25) is 5.91 Å². The lowest BCUT2D eigenvalue weighted by Crippen LogP contribution is -2.41. The fourth-order valence-corrected chi connectivity index (χ4v) is 3.08. The highest BCUT2D eigenvalue weighted by atomic mass is 32.1. The molecular formula is C13H21N3OS. The first-order valence-electron chi connectivity index (χ1n) is 6.67. The summed E-state index contributed by atoms with van der Waals surface area (Å²) in [5, 5.41) is 5.69. The summed E-state index contributed by atoms with van der Waals surface area (Å²) >= 11 is 1.55. The summed E-state index contributed by atoms with van der Waals surface area (Å²) in [6, 6.07) is -0.368. The standard InChI is InChI=1S/C13H21N3OS/c14-11(8-10-4-2-1-3-5-10)13(17)16-9-12-15-6-7-18-12/h6-7,10-11H,1-5,8-9,14H2,(H,16,17). The van der Waals surface area contributed by atoms with Crippen molar-refractivity contribution in [3.8, 4) is 0 Å². The van der Waals surface area contributed by atoms with Crippen LogP contribution in [0.15, 0.2) is 11.6 Å². The van der Waals surface area contributed by atoms with E-state index in [9.17, 15) is 4.79 Å². The zero-order chi connectivity index (χ0) is 12.8. The Morgan fingerprint density at radius 3 is 2.94 bits per heavy atom. The van der Waals surface area contributed by atoms with Crippen molar-refractivity contribution in [2.75, 3.05) is 0 Å². The lowest BCUT2D eigenvalue weighted by Gasteiger charge is -2.24. The molecule has 0 radical (unpaired) electrons. The van der Waals surface area contributed by atoms with Gasteiger partial charge in [-0.3, -0.25) is 4.79 Å². The number of nitrogens with one attached hydrogen (secondary N) is 1. The predicted molar refractivity (Wildman–Crippen MR) is 73.1 cm³/mol. The monoisotopic (exact) mass is 267 g/mol. The van der Waals surface area contributed by atoms with Crippen LogP contribution in [-0.2, 0) is 11.3 Å². The number of nitrogens with zero attached hydrogens (tertiary/aromatic N) is 1. The molecule has 0 aromatic carbocycles. The molecule has 18 heavy (non-hydrogen) atoms. The Morgan fingerprint density at radius 2 is 2.28 bits per heavy atom. The third-order valence-corrected chi connectivity index (χ3v) is 4.33. The van der Waals surface area contributed by atoms with Gasteiger partial charge in [0.05, 0.1) is 12.6 Å². The van der Waals surface area contributed by atoms with Gasteiger partial charge in [0.25, 0.3) is 0 Å². The quantitative estimate of drug-likeness (QED) is 0.858. The number of aromatic nitrogens is 1. The molecule has 1 aromatic rings. The SMILES string of the molecule is NC(CC1CCCCC1)C(=O)NCc1nccs1. The van der Waals surface area contributed by atoms with E-state index in [4.69, 9.17) is 5.73 Å². The van der Waals surface area contributed by atoms with E-state index in [1.54, 1.807) is 17.5 Å². The van der Waals surface area contributed by atoms with Crippen LogP contribution in [0, 0.1) is 5.92 Å². The van der Waals surface area contributed by atoms with Crippen molar-refractivity contribution in [2.24, 2.45) is 11.7 Å². The van der Waals surface area contributed by atoms with E-state index >= 15 is 0 Å². The molecule has 1 amide bonds. The maximum atomic E-state index is 11.9. The van der Waals surface area contributed by atoms with Gasteiger partial charge in [-0.2, -0.15) is 0 Å². The molecule has 0 bridgehead atoms. The molecule has 1 aliphatic carbocycles. The molecule has 1 saturated carbocycles. The van der Waals surface area contributed by atoms with Crippen molar-refractivity contribution in [1.29, 1.82) is 0 Å². The molecule has 1 unspecified atom stereocenters. The highest BCUT2D eigenvalue weighted by molar-refractivity contribution is 7.09. The molecule has 1 aromatic heterocycles. The lowest BCUT2D eigenvalue weighted by atomic mass is 9.85. The molecule has 1 aliphatic rings. The summed E-state index contributed by atoms with van der Waals surface area (Å²) in [5.41, 5.74) is 5.96. The van der Waals surface area contributed by atoms with Gasteiger partial charge in [-0.15, -0.1) is 11.3 Å². The Kier molecular flexibility index (Phi) is 5.13. The smallest absolute Gasteiger partial charge is 0.237 e. The third kappa shape index (κ3) is 4.07. The fraction of sp³-hybridized carbons (Fsp3) is 0.692. The second kappa shape index (κ2) is 6.85. The number of carbonyl (C=O) groups excluding carboxylic acids is 1. The molecule has 0 aliphatic heterocycles. The third-order valence-electron chi connectivity index (χ3n) is 3.55. The summed E-state index contributed by atoms with van der Waals surface area (Å²) in [5.74, 6) is 0.593. The van der Waals surface area contributed by atoms with Gasteiger partial charge in [-0.1, -0.05) is 32.1 Å². The molecule has 1 heterocycles. The van der Waals surface area contributed by atoms with Crippen LogP contribution < -0.4 is 11.1 Å². The number of amides is 1. The number of rotatable bonds is 5. The second-order valence-electron chi connectivity index (χ2n) is 4.99. The van der Waals surface area contributed by atoms with Crippen LogP contribution in [-0.4, -0.2) is 16.9 Å². The maximum Gasteiger partial charge on any atom is 0.237 e. The highest BCUT2D eigenvalue weighted by Crippen LogP contribution is 2.26. The van der Waals surface area contributed by atoms with Crippen LogP contribution in [0.5, 0.6) is 0 Å². The number of hydrogen-bond acceptors (Lipinski definition) is 4. The zero-order valence-corrected chi connectivity index (χ0v) is 11.4. The Hall–Kier alpha value is -0.940.